The molecule has 0 saturated heterocycles. The summed E-state index contributed by atoms with van der Waals surface area (Å²) < 4.78 is 16.1. The fourth-order valence-corrected chi connectivity index (χ4v) is 4.00. The third-order valence-electron chi connectivity index (χ3n) is 5.48. The van der Waals surface area contributed by atoms with E-state index in [1.165, 1.54) is 28.5 Å². The SMILES string of the molecule is Cc1ccc([C@@H]2c3cccn3CCCN2Cc2cccc(F)c2)cc1C. The molecule has 134 valence electrons. The first-order valence-electron chi connectivity index (χ1n) is 9.32. The second-order valence-electron chi connectivity index (χ2n) is 7.33. The fraction of sp³-hybridized carbons (Fsp3) is 0.304. The van der Waals surface area contributed by atoms with Gasteiger partial charge >= 0.3 is 0 Å². The topological polar surface area (TPSA) is 8.17 Å². The Labute approximate surface area is 154 Å². The minimum atomic E-state index is -0.163. The van der Waals surface area contributed by atoms with Gasteiger partial charge in [-0.05, 0) is 66.8 Å². The van der Waals surface area contributed by atoms with Crippen molar-refractivity contribution in [3.8, 4) is 0 Å². The summed E-state index contributed by atoms with van der Waals surface area (Å²) in [6, 6.07) is 18.3. The Bertz CT molecular complexity index is 912. The van der Waals surface area contributed by atoms with Crippen molar-refractivity contribution >= 4 is 0 Å². The molecule has 0 N–H and O–H groups in total. The van der Waals surface area contributed by atoms with Crippen LogP contribution in [0.1, 0.15) is 40.4 Å². The molecule has 0 aliphatic carbocycles. The van der Waals surface area contributed by atoms with Crippen molar-refractivity contribution in [2.75, 3.05) is 6.54 Å². The van der Waals surface area contributed by atoms with E-state index in [0.29, 0.717) is 0 Å². The molecule has 4 rings (SSSR count). The number of nitrogens with zero attached hydrogens (tertiary/aromatic N) is 2. The standard InChI is InChI=1S/C23H25FN2/c1-17-9-10-20(14-18(17)2)23-22-8-4-11-25(22)12-5-13-26(23)16-19-6-3-7-21(24)15-19/h3-4,6-11,14-15,23H,5,12-13,16H2,1-2H3/t23-/m1/s1. The Balaban J connectivity index is 1.76. The van der Waals surface area contributed by atoms with Crippen LogP contribution in [0.5, 0.6) is 0 Å². The Morgan fingerprint density at radius 3 is 2.65 bits per heavy atom. The Morgan fingerprint density at radius 2 is 1.85 bits per heavy atom. The molecular weight excluding hydrogens is 323 g/mol. The lowest BCUT2D eigenvalue weighted by atomic mass is 9.97. The van der Waals surface area contributed by atoms with Crippen LogP contribution < -0.4 is 0 Å². The molecule has 2 aromatic carbocycles. The molecule has 0 unspecified atom stereocenters. The fourth-order valence-electron chi connectivity index (χ4n) is 4.00. The van der Waals surface area contributed by atoms with Crippen LogP contribution in [-0.2, 0) is 13.1 Å². The maximum Gasteiger partial charge on any atom is 0.123 e. The van der Waals surface area contributed by atoms with Gasteiger partial charge in [-0.15, -0.1) is 0 Å². The molecule has 1 aromatic heterocycles. The van der Waals surface area contributed by atoms with E-state index in [4.69, 9.17) is 0 Å². The van der Waals surface area contributed by atoms with E-state index < -0.39 is 0 Å². The molecule has 0 bridgehead atoms. The highest BCUT2D eigenvalue weighted by Gasteiger charge is 2.27. The molecule has 1 atom stereocenters. The van der Waals surface area contributed by atoms with Gasteiger partial charge < -0.3 is 4.57 Å². The van der Waals surface area contributed by atoms with Gasteiger partial charge in [-0.2, -0.15) is 0 Å². The number of aryl methyl sites for hydroxylation is 3. The summed E-state index contributed by atoms with van der Waals surface area (Å²) in [7, 11) is 0. The minimum Gasteiger partial charge on any atom is -0.350 e. The van der Waals surface area contributed by atoms with E-state index in [2.05, 4.69) is 59.8 Å². The van der Waals surface area contributed by atoms with Crippen molar-refractivity contribution in [2.24, 2.45) is 0 Å². The molecule has 1 aliphatic heterocycles. The quantitative estimate of drug-likeness (QED) is 0.628. The summed E-state index contributed by atoms with van der Waals surface area (Å²) in [4.78, 5) is 2.48. The van der Waals surface area contributed by atoms with Crippen molar-refractivity contribution in [1.82, 2.24) is 9.47 Å². The normalized spacial score (nSPS) is 17.7. The summed E-state index contributed by atoms with van der Waals surface area (Å²) in [6.07, 6.45) is 3.27. The molecule has 2 heterocycles. The third-order valence-corrected chi connectivity index (χ3v) is 5.48. The highest BCUT2D eigenvalue weighted by Crippen LogP contribution is 2.33. The van der Waals surface area contributed by atoms with Crippen LogP contribution in [0, 0.1) is 19.7 Å². The average Bonchev–Trinajstić information content (AvgIpc) is 3.00. The first kappa shape index (κ1) is 17.0. The van der Waals surface area contributed by atoms with E-state index in [-0.39, 0.29) is 11.9 Å². The van der Waals surface area contributed by atoms with Crippen LogP contribution in [0.25, 0.3) is 0 Å². The van der Waals surface area contributed by atoms with Gasteiger partial charge in [0.2, 0.25) is 0 Å². The molecule has 0 amide bonds. The number of fused-ring (bicyclic) bond motifs is 1. The van der Waals surface area contributed by atoms with Gasteiger partial charge in [0.1, 0.15) is 5.82 Å². The number of hydrogen-bond acceptors (Lipinski definition) is 1. The molecule has 1 aliphatic rings. The van der Waals surface area contributed by atoms with Crippen molar-refractivity contribution in [3.05, 3.63) is 94.6 Å². The molecule has 3 heteroatoms. The van der Waals surface area contributed by atoms with E-state index in [0.717, 1.165) is 31.6 Å². The van der Waals surface area contributed by atoms with Gasteiger partial charge in [-0.3, -0.25) is 4.90 Å². The molecule has 2 nitrogen and oxygen atoms in total. The van der Waals surface area contributed by atoms with Gasteiger partial charge in [-0.25, -0.2) is 4.39 Å². The van der Waals surface area contributed by atoms with Crippen molar-refractivity contribution in [2.45, 2.75) is 39.4 Å². The maximum absolute atomic E-state index is 13.7. The van der Waals surface area contributed by atoms with Crippen LogP contribution in [0.2, 0.25) is 0 Å². The smallest absolute Gasteiger partial charge is 0.123 e. The van der Waals surface area contributed by atoms with Gasteiger partial charge in [-0.1, -0.05) is 30.3 Å². The molecule has 0 spiro atoms. The zero-order valence-corrected chi connectivity index (χ0v) is 15.5. The Morgan fingerprint density at radius 1 is 0.962 bits per heavy atom. The highest BCUT2D eigenvalue weighted by molar-refractivity contribution is 5.36. The monoisotopic (exact) mass is 348 g/mol. The van der Waals surface area contributed by atoms with Gasteiger partial charge in [0.15, 0.2) is 0 Å². The van der Waals surface area contributed by atoms with Crippen molar-refractivity contribution in [1.29, 1.82) is 0 Å². The minimum absolute atomic E-state index is 0.163. The van der Waals surface area contributed by atoms with Crippen LogP contribution in [-0.4, -0.2) is 16.0 Å². The molecule has 0 fully saturated rings. The lowest BCUT2D eigenvalue weighted by Crippen LogP contribution is -2.29. The highest BCUT2D eigenvalue weighted by atomic mass is 19.1. The summed E-state index contributed by atoms with van der Waals surface area (Å²) in [5, 5.41) is 0. The molecule has 0 radical (unpaired) electrons. The van der Waals surface area contributed by atoms with E-state index >= 15 is 0 Å². The number of hydrogen-bond donors (Lipinski definition) is 0. The van der Waals surface area contributed by atoms with E-state index in [9.17, 15) is 4.39 Å². The van der Waals surface area contributed by atoms with Crippen LogP contribution in [0.3, 0.4) is 0 Å². The summed E-state index contributed by atoms with van der Waals surface area (Å²) in [5.74, 6) is -0.163. The number of rotatable bonds is 3. The molecule has 3 aromatic rings. The predicted octanol–water partition coefficient (Wildman–Crippen LogP) is 5.24. The zero-order valence-electron chi connectivity index (χ0n) is 15.5. The van der Waals surface area contributed by atoms with Gasteiger partial charge in [0.05, 0.1) is 6.04 Å². The van der Waals surface area contributed by atoms with Crippen LogP contribution >= 0.6 is 0 Å². The molecule has 26 heavy (non-hydrogen) atoms. The Hall–Kier alpha value is -2.39. The largest absolute Gasteiger partial charge is 0.350 e. The van der Waals surface area contributed by atoms with Crippen molar-refractivity contribution < 1.29 is 4.39 Å². The summed E-state index contributed by atoms with van der Waals surface area (Å²) >= 11 is 0. The van der Waals surface area contributed by atoms with Crippen LogP contribution in [0.15, 0.2) is 60.8 Å². The number of halogens is 1. The first-order valence-corrected chi connectivity index (χ1v) is 9.32. The molecule has 0 saturated carbocycles. The van der Waals surface area contributed by atoms with E-state index in [1.54, 1.807) is 12.1 Å². The lowest BCUT2D eigenvalue weighted by Gasteiger charge is -2.31. The average molecular weight is 348 g/mol. The summed E-state index contributed by atoms with van der Waals surface area (Å²) in [5.41, 5.74) is 6.29. The van der Waals surface area contributed by atoms with Crippen LogP contribution in [0.4, 0.5) is 4.39 Å². The van der Waals surface area contributed by atoms with E-state index in [1.807, 2.05) is 6.07 Å². The third kappa shape index (κ3) is 3.32. The number of aromatic nitrogens is 1. The molecular formula is C23H25FN2. The maximum atomic E-state index is 13.7. The number of benzene rings is 2. The predicted molar refractivity (Wildman–Crippen MR) is 104 cm³/mol. The first-order chi connectivity index (χ1) is 12.6. The van der Waals surface area contributed by atoms with Gasteiger partial charge in [0.25, 0.3) is 0 Å². The lowest BCUT2D eigenvalue weighted by molar-refractivity contribution is 0.220. The second kappa shape index (κ2) is 7.08. The Kier molecular flexibility index (Phi) is 4.64. The van der Waals surface area contributed by atoms with Crippen molar-refractivity contribution in [3.63, 3.8) is 0 Å². The summed E-state index contributed by atoms with van der Waals surface area (Å²) in [6.45, 7) is 7.10. The second-order valence-corrected chi connectivity index (χ2v) is 7.33. The van der Waals surface area contributed by atoms with Gasteiger partial charge in [0, 0.05) is 31.5 Å². The zero-order chi connectivity index (χ0) is 18.1.